The van der Waals surface area contributed by atoms with Crippen LogP contribution in [0.15, 0.2) is 36.8 Å². The molecule has 2 aromatic heterocycles. The van der Waals surface area contributed by atoms with Crippen LogP contribution in [0.25, 0.3) is 0 Å². The zero-order valence-corrected chi connectivity index (χ0v) is 12.8. The minimum atomic E-state index is -0.178. The van der Waals surface area contributed by atoms with Crippen LogP contribution in [0.4, 0.5) is 10.5 Å². The number of nitrogens with zero attached hydrogens (tertiary/aromatic N) is 2. The number of hydrogen-bond acceptors (Lipinski definition) is 3. The molecular weight excluding hydrogens is 276 g/mol. The number of amides is 2. The average molecular weight is 296 g/mol. The van der Waals surface area contributed by atoms with Gasteiger partial charge in [-0.05, 0) is 61.9 Å². The van der Waals surface area contributed by atoms with E-state index >= 15 is 0 Å². The SMILES string of the molecule is Cc1cc(NC(=O)NC(c2ccncc2)C2CC2)c(C)cn1. The van der Waals surface area contributed by atoms with E-state index in [9.17, 15) is 4.79 Å². The van der Waals surface area contributed by atoms with Crippen LogP contribution >= 0.6 is 0 Å². The number of hydrogen-bond donors (Lipinski definition) is 2. The minimum Gasteiger partial charge on any atom is -0.331 e. The van der Waals surface area contributed by atoms with Crippen molar-refractivity contribution in [2.75, 3.05) is 5.32 Å². The molecule has 3 rings (SSSR count). The Morgan fingerprint density at radius 3 is 2.68 bits per heavy atom. The first-order valence-corrected chi connectivity index (χ1v) is 7.54. The predicted molar refractivity (Wildman–Crippen MR) is 85.6 cm³/mol. The van der Waals surface area contributed by atoms with E-state index in [1.165, 1.54) is 0 Å². The summed E-state index contributed by atoms with van der Waals surface area (Å²) >= 11 is 0. The number of anilines is 1. The fourth-order valence-electron chi connectivity index (χ4n) is 2.54. The average Bonchev–Trinajstić information content (AvgIpc) is 3.34. The number of urea groups is 1. The third-order valence-corrected chi connectivity index (χ3v) is 3.93. The number of carbonyl (C=O) groups excluding carboxylic acids is 1. The van der Waals surface area contributed by atoms with Crippen LogP contribution in [0, 0.1) is 19.8 Å². The van der Waals surface area contributed by atoms with Crippen LogP contribution in [0.3, 0.4) is 0 Å². The second-order valence-electron chi connectivity index (χ2n) is 5.83. The number of aromatic nitrogens is 2. The first kappa shape index (κ1) is 14.5. The van der Waals surface area contributed by atoms with Crippen molar-refractivity contribution in [2.45, 2.75) is 32.7 Å². The van der Waals surface area contributed by atoms with Gasteiger partial charge in [-0.25, -0.2) is 4.79 Å². The highest BCUT2D eigenvalue weighted by molar-refractivity contribution is 5.90. The molecule has 1 aliphatic rings. The predicted octanol–water partition coefficient (Wildman–Crippen LogP) is 3.37. The van der Waals surface area contributed by atoms with Crippen molar-refractivity contribution in [1.29, 1.82) is 0 Å². The van der Waals surface area contributed by atoms with Crippen molar-refractivity contribution >= 4 is 11.7 Å². The van der Waals surface area contributed by atoms with Crippen molar-refractivity contribution in [2.24, 2.45) is 5.92 Å². The van der Waals surface area contributed by atoms with E-state index in [1.54, 1.807) is 18.6 Å². The highest BCUT2D eigenvalue weighted by atomic mass is 16.2. The first-order chi connectivity index (χ1) is 10.6. The van der Waals surface area contributed by atoms with E-state index in [0.717, 1.165) is 35.3 Å². The van der Waals surface area contributed by atoms with Crippen LogP contribution in [0.2, 0.25) is 0 Å². The van der Waals surface area contributed by atoms with Gasteiger partial charge in [0.25, 0.3) is 0 Å². The summed E-state index contributed by atoms with van der Waals surface area (Å²) in [7, 11) is 0. The van der Waals surface area contributed by atoms with Gasteiger partial charge in [0.2, 0.25) is 0 Å². The summed E-state index contributed by atoms with van der Waals surface area (Å²) in [5.74, 6) is 0.522. The van der Waals surface area contributed by atoms with Crippen LogP contribution < -0.4 is 10.6 Å². The molecule has 1 atom stereocenters. The third-order valence-electron chi connectivity index (χ3n) is 3.93. The van der Waals surface area contributed by atoms with Crippen LogP contribution in [-0.2, 0) is 0 Å². The van der Waals surface area contributed by atoms with Gasteiger partial charge in [-0.3, -0.25) is 9.97 Å². The van der Waals surface area contributed by atoms with Crippen LogP contribution in [0.1, 0.15) is 35.7 Å². The smallest absolute Gasteiger partial charge is 0.319 e. The van der Waals surface area contributed by atoms with Crippen molar-refractivity contribution < 1.29 is 4.79 Å². The van der Waals surface area contributed by atoms with Gasteiger partial charge in [0.1, 0.15) is 0 Å². The van der Waals surface area contributed by atoms with E-state index in [-0.39, 0.29) is 12.1 Å². The normalized spacial score (nSPS) is 15.2. The Balaban J connectivity index is 1.71. The molecule has 5 heteroatoms. The van der Waals surface area contributed by atoms with Gasteiger partial charge in [0.05, 0.1) is 6.04 Å². The van der Waals surface area contributed by atoms with Gasteiger partial charge in [-0.15, -0.1) is 0 Å². The fraction of sp³-hybridized carbons (Fsp3) is 0.353. The topological polar surface area (TPSA) is 66.9 Å². The fourth-order valence-corrected chi connectivity index (χ4v) is 2.54. The quantitative estimate of drug-likeness (QED) is 0.909. The summed E-state index contributed by atoms with van der Waals surface area (Å²) in [4.78, 5) is 20.6. The maximum atomic E-state index is 12.3. The number of rotatable bonds is 4. The van der Waals surface area contributed by atoms with Gasteiger partial charge in [-0.1, -0.05) is 0 Å². The molecule has 5 nitrogen and oxygen atoms in total. The van der Waals surface area contributed by atoms with E-state index in [0.29, 0.717) is 5.92 Å². The molecule has 2 N–H and O–H groups in total. The molecule has 22 heavy (non-hydrogen) atoms. The Hall–Kier alpha value is -2.43. The first-order valence-electron chi connectivity index (χ1n) is 7.54. The molecule has 1 fully saturated rings. The summed E-state index contributed by atoms with van der Waals surface area (Å²) in [5.41, 5.74) is 3.74. The van der Waals surface area contributed by atoms with Crippen LogP contribution in [0.5, 0.6) is 0 Å². The summed E-state index contributed by atoms with van der Waals surface area (Å²) in [6, 6.07) is 5.68. The Morgan fingerprint density at radius 2 is 2.00 bits per heavy atom. The van der Waals surface area contributed by atoms with Crippen LogP contribution in [-0.4, -0.2) is 16.0 Å². The molecule has 1 saturated carbocycles. The number of nitrogens with one attached hydrogen (secondary N) is 2. The van der Waals surface area contributed by atoms with Gasteiger partial charge < -0.3 is 10.6 Å². The maximum absolute atomic E-state index is 12.3. The van der Waals surface area contributed by atoms with Crippen molar-refractivity contribution in [3.63, 3.8) is 0 Å². The Morgan fingerprint density at radius 1 is 1.27 bits per heavy atom. The Labute approximate surface area is 130 Å². The molecule has 114 valence electrons. The van der Waals surface area contributed by atoms with Gasteiger partial charge in [0.15, 0.2) is 0 Å². The molecule has 2 aromatic rings. The summed E-state index contributed by atoms with van der Waals surface area (Å²) in [5, 5.41) is 6.02. The molecule has 0 spiro atoms. The molecule has 0 saturated heterocycles. The third kappa shape index (κ3) is 3.42. The second-order valence-corrected chi connectivity index (χ2v) is 5.83. The summed E-state index contributed by atoms with van der Waals surface area (Å²) in [6.07, 6.45) is 7.61. The molecule has 0 bridgehead atoms. The van der Waals surface area contributed by atoms with Gasteiger partial charge in [-0.2, -0.15) is 0 Å². The lowest BCUT2D eigenvalue weighted by Crippen LogP contribution is -2.33. The number of carbonyl (C=O) groups is 1. The zero-order valence-electron chi connectivity index (χ0n) is 12.8. The molecule has 1 aliphatic carbocycles. The largest absolute Gasteiger partial charge is 0.331 e. The monoisotopic (exact) mass is 296 g/mol. The summed E-state index contributed by atoms with van der Waals surface area (Å²) < 4.78 is 0. The van der Waals surface area contributed by atoms with E-state index < -0.39 is 0 Å². The standard InChI is InChI=1S/C17H20N4O/c1-11-10-19-12(2)9-15(11)20-17(22)21-16(13-3-4-13)14-5-7-18-8-6-14/h5-10,13,16H,3-4H2,1-2H3,(H2,19,20,21,22). The van der Waals surface area contributed by atoms with E-state index in [2.05, 4.69) is 20.6 Å². The lowest BCUT2D eigenvalue weighted by molar-refractivity contribution is 0.247. The van der Waals surface area contributed by atoms with E-state index in [1.807, 2.05) is 32.0 Å². The molecule has 0 aromatic carbocycles. The Kier molecular flexibility index (Phi) is 4.04. The lowest BCUT2D eigenvalue weighted by Gasteiger charge is -2.19. The Bertz CT molecular complexity index is 668. The van der Waals surface area contributed by atoms with Gasteiger partial charge >= 0.3 is 6.03 Å². The summed E-state index contributed by atoms with van der Waals surface area (Å²) in [6.45, 7) is 3.84. The van der Waals surface area contributed by atoms with Gasteiger partial charge in [0, 0.05) is 30.0 Å². The number of aryl methyl sites for hydroxylation is 2. The highest BCUT2D eigenvalue weighted by Crippen LogP contribution is 2.40. The van der Waals surface area contributed by atoms with Crippen molar-refractivity contribution in [3.05, 3.63) is 53.6 Å². The number of pyridine rings is 2. The lowest BCUT2D eigenvalue weighted by atomic mass is 10.0. The molecule has 0 aliphatic heterocycles. The molecule has 1 unspecified atom stereocenters. The highest BCUT2D eigenvalue weighted by Gasteiger charge is 2.33. The molecular formula is C17H20N4O. The van der Waals surface area contributed by atoms with Crippen molar-refractivity contribution in [3.8, 4) is 0 Å². The zero-order chi connectivity index (χ0) is 15.5. The maximum Gasteiger partial charge on any atom is 0.319 e. The molecule has 2 heterocycles. The minimum absolute atomic E-state index is 0.0474. The molecule has 0 radical (unpaired) electrons. The second kappa shape index (κ2) is 6.13. The van der Waals surface area contributed by atoms with Crippen molar-refractivity contribution in [1.82, 2.24) is 15.3 Å². The van der Waals surface area contributed by atoms with E-state index in [4.69, 9.17) is 0 Å². The molecule has 2 amide bonds.